The Morgan fingerprint density at radius 2 is 2.05 bits per heavy atom. The predicted molar refractivity (Wildman–Crippen MR) is 70.6 cm³/mol. The molecule has 0 N–H and O–H groups in total. The molecular formula is C12H10ClN5O. The van der Waals surface area contributed by atoms with Crippen LogP contribution < -0.4 is 4.74 Å². The third-order valence-electron chi connectivity index (χ3n) is 2.52. The first kappa shape index (κ1) is 11.9. The minimum atomic E-state index is 0.0769. The molecule has 0 unspecified atom stereocenters. The molecule has 96 valence electrons. The van der Waals surface area contributed by atoms with Crippen LogP contribution in [0.2, 0.25) is 5.28 Å². The van der Waals surface area contributed by atoms with Gasteiger partial charge >= 0.3 is 6.01 Å². The van der Waals surface area contributed by atoms with Gasteiger partial charge in [-0.15, -0.1) is 0 Å². The Bertz CT molecular complexity index is 727. The molecule has 3 rings (SSSR count). The fraction of sp³-hybridized carbons (Fsp3) is 0.167. The molecule has 0 amide bonds. The van der Waals surface area contributed by atoms with Crippen LogP contribution in [-0.4, -0.2) is 31.3 Å². The largest absolute Gasteiger partial charge is 0.464 e. The molecule has 2 aromatic heterocycles. The third kappa shape index (κ3) is 2.22. The summed E-state index contributed by atoms with van der Waals surface area (Å²) in [5.41, 5.74) is 0.896. The van der Waals surface area contributed by atoms with E-state index in [1.165, 1.54) is 0 Å². The van der Waals surface area contributed by atoms with Gasteiger partial charge in [0, 0.05) is 5.39 Å². The molecule has 0 atom stereocenters. The normalized spacial score (nSPS) is 10.8. The summed E-state index contributed by atoms with van der Waals surface area (Å²) in [5, 5.41) is 5.33. The van der Waals surface area contributed by atoms with Gasteiger partial charge in [-0.1, -0.05) is 18.2 Å². The van der Waals surface area contributed by atoms with Gasteiger partial charge in [0.15, 0.2) is 0 Å². The molecular weight excluding hydrogens is 266 g/mol. The molecule has 2 heterocycles. The SMILES string of the molecule is CCOc1nc(Cl)nc(-n2ncc3ccccc32)n1. The van der Waals surface area contributed by atoms with Crippen molar-refractivity contribution in [1.29, 1.82) is 0 Å². The van der Waals surface area contributed by atoms with Crippen LogP contribution in [0.5, 0.6) is 6.01 Å². The highest BCUT2D eigenvalue weighted by Gasteiger charge is 2.11. The second-order valence-corrected chi connectivity index (χ2v) is 4.07. The molecule has 6 nitrogen and oxygen atoms in total. The second-order valence-electron chi connectivity index (χ2n) is 3.74. The van der Waals surface area contributed by atoms with E-state index in [4.69, 9.17) is 16.3 Å². The number of nitrogens with zero attached hydrogens (tertiary/aromatic N) is 5. The number of hydrogen-bond acceptors (Lipinski definition) is 5. The Morgan fingerprint density at radius 3 is 2.89 bits per heavy atom. The molecule has 19 heavy (non-hydrogen) atoms. The lowest BCUT2D eigenvalue weighted by molar-refractivity contribution is 0.310. The number of halogens is 1. The molecule has 0 saturated heterocycles. The average molecular weight is 276 g/mol. The lowest BCUT2D eigenvalue weighted by Crippen LogP contribution is -2.07. The summed E-state index contributed by atoms with van der Waals surface area (Å²) in [7, 11) is 0. The summed E-state index contributed by atoms with van der Waals surface area (Å²) in [4.78, 5) is 12.2. The molecule has 0 radical (unpaired) electrons. The van der Waals surface area contributed by atoms with Gasteiger partial charge in [0.1, 0.15) is 0 Å². The summed E-state index contributed by atoms with van der Waals surface area (Å²) >= 11 is 5.87. The van der Waals surface area contributed by atoms with Gasteiger partial charge in [0.25, 0.3) is 5.95 Å². The van der Waals surface area contributed by atoms with Crippen LogP contribution in [-0.2, 0) is 0 Å². The fourth-order valence-electron chi connectivity index (χ4n) is 1.74. The maximum absolute atomic E-state index is 5.87. The monoisotopic (exact) mass is 275 g/mol. The van der Waals surface area contributed by atoms with Crippen LogP contribution in [0.4, 0.5) is 0 Å². The van der Waals surface area contributed by atoms with Crippen molar-refractivity contribution in [2.24, 2.45) is 0 Å². The van der Waals surface area contributed by atoms with Crippen molar-refractivity contribution in [2.45, 2.75) is 6.92 Å². The van der Waals surface area contributed by atoms with E-state index >= 15 is 0 Å². The zero-order valence-corrected chi connectivity index (χ0v) is 10.9. The molecule has 0 bridgehead atoms. The van der Waals surface area contributed by atoms with Crippen molar-refractivity contribution < 1.29 is 4.74 Å². The minimum Gasteiger partial charge on any atom is -0.464 e. The van der Waals surface area contributed by atoms with Crippen molar-refractivity contribution in [3.8, 4) is 12.0 Å². The molecule has 0 aliphatic heterocycles. The van der Waals surface area contributed by atoms with E-state index in [-0.39, 0.29) is 11.3 Å². The molecule has 1 aromatic carbocycles. The van der Waals surface area contributed by atoms with Crippen molar-refractivity contribution in [3.63, 3.8) is 0 Å². The van der Waals surface area contributed by atoms with Gasteiger partial charge in [-0.3, -0.25) is 0 Å². The molecule has 3 aromatic rings. The maximum Gasteiger partial charge on any atom is 0.322 e. The topological polar surface area (TPSA) is 65.7 Å². The van der Waals surface area contributed by atoms with E-state index in [9.17, 15) is 0 Å². The van der Waals surface area contributed by atoms with Gasteiger partial charge in [-0.05, 0) is 24.6 Å². The average Bonchev–Trinajstić information content (AvgIpc) is 2.82. The van der Waals surface area contributed by atoms with Gasteiger partial charge in [-0.2, -0.15) is 24.7 Å². The highest BCUT2D eigenvalue weighted by atomic mass is 35.5. The lowest BCUT2D eigenvalue weighted by Gasteiger charge is -2.05. The van der Waals surface area contributed by atoms with Crippen molar-refractivity contribution >= 4 is 22.5 Å². The molecule has 0 spiro atoms. The number of hydrogen-bond donors (Lipinski definition) is 0. The van der Waals surface area contributed by atoms with Crippen LogP contribution >= 0.6 is 11.6 Å². The fourth-order valence-corrected chi connectivity index (χ4v) is 1.89. The Hall–Kier alpha value is -2.21. The Morgan fingerprint density at radius 1 is 1.21 bits per heavy atom. The number of fused-ring (bicyclic) bond motifs is 1. The standard InChI is InChI=1S/C12H10ClN5O/c1-2-19-12-16-10(13)15-11(17-12)18-9-6-4-3-5-8(9)7-14-18/h3-7H,2H2,1H3. The van der Waals surface area contributed by atoms with E-state index in [0.717, 1.165) is 10.9 Å². The number of rotatable bonds is 3. The Balaban J connectivity index is 2.15. The van der Waals surface area contributed by atoms with Crippen LogP contribution in [0.1, 0.15) is 6.92 Å². The highest BCUT2D eigenvalue weighted by molar-refractivity contribution is 6.28. The van der Waals surface area contributed by atoms with Crippen LogP contribution in [0, 0.1) is 0 Å². The zero-order valence-electron chi connectivity index (χ0n) is 10.1. The van der Waals surface area contributed by atoms with Crippen LogP contribution in [0.25, 0.3) is 16.9 Å². The number of aromatic nitrogens is 5. The number of benzene rings is 1. The van der Waals surface area contributed by atoms with Gasteiger partial charge in [0.05, 0.1) is 18.3 Å². The van der Waals surface area contributed by atoms with Gasteiger partial charge in [-0.25, -0.2) is 0 Å². The van der Waals surface area contributed by atoms with E-state index < -0.39 is 0 Å². The molecule has 0 saturated carbocycles. The maximum atomic E-state index is 5.87. The van der Waals surface area contributed by atoms with E-state index in [2.05, 4.69) is 20.1 Å². The lowest BCUT2D eigenvalue weighted by atomic mass is 10.3. The minimum absolute atomic E-state index is 0.0769. The van der Waals surface area contributed by atoms with E-state index in [0.29, 0.717) is 12.6 Å². The predicted octanol–water partition coefficient (Wildman–Crippen LogP) is 2.26. The summed E-state index contributed by atoms with van der Waals surface area (Å²) in [6, 6.07) is 7.95. The molecule has 0 fully saturated rings. The Kier molecular flexibility index (Phi) is 3.00. The van der Waals surface area contributed by atoms with E-state index in [1.807, 2.05) is 31.2 Å². The Labute approximate surface area is 114 Å². The summed E-state index contributed by atoms with van der Waals surface area (Å²) in [6.07, 6.45) is 1.74. The first-order chi connectivity index (χ1) is 9.28. The third-order valence-corrected chi connectivity index (χ3v) is 2.68. The summed E-state index contributed by atoms with van der Waals surface area (Å²) < 4.78 is 6.85. The number of para-hydroxylation sites is 1. The first-order valence-corrected chi connectivity index (χ1v) is 6.13. The van der Waals surface area contributed by atoms with Crippen LogP contribution in [0.15, 0.2) is 30.5 Å². The van der Waals surface area contributed by atoms with Crippen molar-refractivity contribution in [1.82, 2.24) is 24.7 Å². The van der Waals surface area contributed by atoms with Crippen LogP contribution in [0.3, 0.4) is 0 Å². The summed E-state index contributed by atoms with van der Waals surface area (Å²) in [5.74, 6) is 0.338. The molecule has 0 aliphatic carbocycles. The zero-order chi connectivity index (χ0) is 13.2. The number of ether oxygens (including phenoxy) is 1. The molecule has 7 heteroatoms. The first-order valence-electron chi connectivity index (χ1n) is 5.75. The van der Waals surface area contributed by atoms with Gasteiger partial charge < -0.3 is 4.74 Å². The van der Waals surface area contributed by atoms with Crippen molar-refractivity contribution in [2.75, 3.05) is 6.61 Å². The second kappa shape index (κ2) is 4.81. The van der Waals surface area contributed by atoms with Crippen molar-refractivity contribution in [3.05, 3.63) is 35.7 Å². The van der Waals surface area contributed by atoms with E-state index in [1.54, 1.807) is 10.9 Å². The smallest absolute Gasteiger partial charge is 0.322 e. The van der Waals surface area contributed by atoms with Gasteiger partial charge in [0.2, 0.25) is 5.28 Å². The summed E-state index contributed by atoms with van der Waals surface area (Å²) in [6.45, 7) is 2.31. The quantitative estimate of drug-likeness (QED) is 0.733. The highest BCUT2D eigenvalue weighted by Crippen LogP contribution is 2.17. The molecule has 0 aliphatic rings.